The molecule has 0 atom stereocenters. The van der Waals surface area contributed by atoms with Crippen molar-refractivity contribution in [1.29, 1.82) is 0 Å². The van der Waals surface area contributed by atoms with Gasteiger partial charge in [0.25, 0.3) is 5.91 Å². The highest BCUT2D eigenvalue weighted by molar-refractivity contribution is 7.17. The molecule has 3 rings (SSSR count). The van der Waals surface area contributed by atoms with Crippen LogP contribution in [0.5, 0.6) is 5.75 Å². The van der Waals surface area contributed by atoms with Crippen molar-refractivity contribution in [2.75, 3.05) is 20.7 Å². The number of carbonyl (C=O) groups excluding carboxylic acids is 2. The molecule has 0 radical (unpaired) electrons. The van der Waals surface area contributed by atoms with Gasteiger partial charge in [0.15, 0.2) is 6.61 Å². The van der Waals surface area contributed by atoms with Crippen LogP contribution in [-0.2, 0) is 16.1 Å². The van der Waals surface area contributed by atoms with Crippen molar-refractivity contribution in [2.45, 2.75) is 6.61 Å². The first kappa shape index (κ1) is 14.6. The van der Waals surface area contributed by atoms with Gasteiger partial charge in [-0.05, 0) is 18.2 Å². The van der Waals surface area contributed by atoms with Crippen molar-refractivity contribution >= 4 is 23.2 Å². The summed E-state index contributed by atoms with van der Waals surface area (Å²) in [7, 11) is 3.24. The summed E-state index contributed by atoms with van der Waals surface area (Å²) in [5.74, 6) is 0.0926. The number of ether oxygens (including phenoxy) is 2. The van der Waals surface area contributed by atoms with Crippen LogP contribution in [0.2, 0.25) is 0 Å². The Bertz CT molecular complexity index is 735. The molecule has 0 spiro atoms. The number of rotatable bonds is 3. The van der Waals surface area contributed by atoms with Gasteiger partial charge < -0.3 is 14.4 Å². The Labute approximate surface area is 132 Å². The molecule has 0 aliphatic carbocycles. The van der Waals surface area contributed by atoms with E-state index in [2.05, 4.69) is 0 Å². The van der Waals surface area contributed by atoms with Crippen LogP contribution in [0.1, 0.15) is 15.2 Å². The molecule has 0 saturated carbocycles. The summed E-state index contributed by atoms with van der Waals surface area (Å²) in [6.45, 7) is 0.189. The predicted octanol–water partition coefficient (Wildman–Crippen LogP) is 2.55. The average molecular weight is 317 g/mol. The molecular formula is C16H15NO4S. The zero-order chi connectivity index (χ0) is 15.7. The monoisotopic (exact) mass is 317 g/mol. The number of hydrogen-bond acceptors (Lipinski definition) is 5. The number of likely N-dealkylation sites (N-methyl/N-ethyl adjacent to an activating group) is 1. The summed E-state index contributed by atoms with van der Waals surface area (Å²) < 4.78 is 10.7. The van der Waals surface area contributed by atoms with Gasteiger partial charge in [-0.3, -0.25) is 4.79 Å². The maximum absolute atomic E-state index is 12.1. The van der Waals surface area contributed by atoms with Crippen LogP contribution in [0.4, 0.5) is 0 Å². The molecule has 6 heteroatoms. The van der Waals surface area contributed by atoms with E-state index in [4.69, 9.17) is 9.47 Å². The van der Waals surface area contributed by atoms with Gasteiger partial charge in [-0.15, -0.1) is 11.3 Å². The Kier molecular flexibility index (Phi) is 3.85. The molecule has 2 heterocycles. The molecule has 1 aromatic heterocycles. The van der Waals surface area contributed by atoms with Gasteiger partial charge in [-0.2, -0.15) is 0 Å². The van der Waals surface area contributed by atoms with Gasteiger partial charge >= 0.3 is 5.97 Å². The van der Waals surface area contributed by atoms with Gasteiger partial charge in [0, 0.05) is 30.1 Å². The number of thiophene rings is 1. The zero-order valence-electron chi connectivity index (χ0n) is 12.3. The summed E-state index contributed by atoms with van der Waals surface area (Å²) in [6, 6.07) is 9.50. The van der Waals surface area contributed by atoms with Crippen LogP contribution in [0.3, 0.4) is 0 Å². The fourth-order valence-electron chi connectivity index (χ4n) is 2.13. The Morgan fingerprint density at radius 1 is 1.32 bits per heavy atom. The third kappa shape index (κ3) is 2.69. The minimum atomic E-state index is -0.480. The Balaban J connectivity index is 1.80. The lowest BCUT2D eigenvalue weighted by molar-refractivity contribution is -0.131. The standard InChI is InChI=1S/C16H15NO4S/c1-17(2)14(18)9-21-16(19)13-7-10-8-20-12-6-4-3-5-11(12)15(10)22-13/h3-7H,8-9H2,1-2H3. The maximum atomic E-state index is 12.1. The fraction of sp³-hybridized carbons (Fsp3) is 0.250. The lowest BCUT2D eigenvalue weighted by Crippen LogP contribution is -2.27. The van der Waals surface area contributed by atoms with E-state index in [9.17, 15) is 9.59 Å². The fourth-order valence-corrected chi connectivity index (χ4v) is 3.22. The molecule has 0 unspecified atom stereocenters. The minimum Gasteiger partial charge on any atom is -0.488 e. The Morgan fingerprint density at radius 2 is 2.09 bits per heavy atom. The van der Waals surface area contributed by atoms with Crippen LogP contribution in [-0.4, -0.2) is 37.5 Å². The van der Waals surface area contributed by atoms with Gasteiger partial charge in [0.1, 0.15) is 17.2 Å². The number of carbonyl (C=O) groups is 2. The normalized spacial score (nSPS) is 11.9. The quantitative estimate of drug-likeness (QED) is 0.816. The van der Waals surface area contributed by atoms with E-state index in [0.717, 1.165) is 21.8 Å². The highest BCUT2D eigenvalue weighted by Gasteiger charge is 2.23. The second kappa shape index (κ2) is 5.81. The van der Waals surface area contributed by atoms with Crippen molar-refractivity contribution in [2.24, 2.45) is 0 Å². The molecule has 5 nitrogen and oxygen atoms in total. The van der Waals surface area contributed by atoms with Gasteiger partial charge in [-0.1, -0.05) is 12.1 Å². The number of nitrogens with zero attached hydrogens (tertiary/aromatic N) is 1. The molecule has 2 aromatic rings. The molecule has 0 saturated heterocycles. The first-order valence-electron chi connectivity index (χ1n) is 6.78. The maximum Gasteiger partial charge on any atom is 0.348 e. The molecule has 1 amide bonds. The lowest BCUT2D eigenvalue weighted by atomic mass is 10.1. The molecule has 0 N–H and O–H groups in total. The third-order valence-corrected chi connectivity index (χ3v) is 4.54. The molecule has 0 bridgehead atoms. The van der Waals surface area contributed by atoms with Crippen molar-refractivity contribution in [3.05, 3.63) is 40.8 Å². The van der Waals surface area contributed by atoms with Gasteiger partial charge in [-0.25, -0.2) is 4.79 Å². The molecule has 1 aromatic carbocycles. The van der Waals surface area contributed by atoms with Crippen LogP contribution in [0.25, 0.3) is 10.4 Å². The van der Waals surface area contributed by atoms with Crippen molar-refractivity contribution < 1.29 is 19.1 Å². The largest absolute Gasteiger partial charge is 0.488 e. The van der Waals surface area contributed by atoms with E-state index in [0.29, 0.717) is 11.5 Å². The van der Waals surface area contributed by atoms with Gasteiger partial charge in [0.05, 0.1) is 0 Å². The average Bonchev–Trinajstić information content (AvgIpc) is 2.96. The van der Waals surface area contributed by atoms with Crippen LogP contribution in [0.15, 0.2) is 30.3 Å². The minimum absolute atomic E-state index is 0.247. The Morgan fingerprint density at radius 3 is 2.86 bits per heavy atom. The van der Waals surface area contributed by atoms with E-state index in [1.54, 1.807) is 20.2 Å². The van der Waals surface area contributed by atoms with E-state index in [-0.39, 0.29) is 12.5 Å². The lowest BCUT2D eigenvalue weighted by Gasteiger charge is -2.16. The highest BCUT2D eigenvalue weighted by atomic mass is 32.1. The SMILES string of the molecule is CN(C)C(=O)COC(=O)c1cc2c(s1)-c1ccccc1OC2. The summed E-state index contributed by atoms with van der Waals surface area (Å²) in [4.78, 5) is 26.4. The van der Waals surface area contributed by atoms with E-state index < -0.39 is 5.97 Å². The molecule has 22 heavy (non-hydrogen) atoms. The smallest absolute Gasteiger partial charge is 0.348 e. The summed E-state index contributed by atoms with van der Waals surface area (Å²) in [5, 5.41) is 0. The van der Waals surface area contributed by atoms with Gasteiger partial charge in [0.2, 0.25) is 0 Å². The molecular weight excluding hydrogens is 302 g/mol. The van der Waals surface area contributed by atoms with Crippen molar-refractivity contribution in [1.82, 2.24) is 4.90 Å². The molecule has 114 valence electrons. The second-order valence-electron chi connectivity index (χ2n) is 5.11. The topological polar surface area (TPSA) is 55.8 Å². The third-order valence-electron chi connectivity index (χ3n) is 3.35. The van der Waals surface area contributed by atoms with Crippen LogP contribution in [0, 0.1) is 0 Å². The molecule has 1 aliphatic heterocycles. The van der Waals surface area contributed by atoms with E-state index in [1.807, 2.05) is 24.3 Å². The van der Waals surface area contributed by atoms with Crippen molar-refractivity contribution in [3.8, 4) is 16.2 Å². The summed E-state index contributed by atoms with van der Waals surface area (Å²) >= 11 is 1.37. The van der Waals surface area contributed by atoms with Crippen molar-refractivity contribution in [3.63, 3.8) is 0 Å². The van der Waals surface area contributed by atoms with E-state index >= 15 is 0 Å². The molecule has 1 aliphatic rings. The van der Waals surface area contributed by atoms with Crippen LogP contribution < -0.4 is 4.74 Å². The van der Waals surface area contributed by atoms with E-state index in [1.165, 1.54) is 16.2 Å². The van der Waals surface area contributed by atoms with Crippen LogP contribution >= 0.6 is 11.3 Å². The summed E-state index contributed by atoms with van der Waals surface area (Å²) in [5.41, 5.74) is 1.95. The number of benzene rings is 1. The first-order chi connectivity index (χ1) is 10.6. The number of para-hydroxylation sites is 1. The number of esters is 1. The first-order valence-corrected chi connectivity index (χ1v) is 7.60. The second-order valence-corrected chi connectivity index (χ2v) is 6.17. The number of fused-ring (bicyclic) bond motifs is 3. The molecule has 0 fully saturated rings. The Hall–Kier alpha value is -2.34. The predicted molar refractivity (Wildman–Crippen MR) is 83.1 cm³/mol. The number of hydrogen-bond donors (Lipinski definition) is 0. The number of amides is 1. The zero-order valence-corrected chi connectivity index (χ0v) is 13.1. The highest BCUT2D eigenvalue weighted by Crippen LogP contribution is 2.42. The summed E-state index contributed by atoms with van der Waals surface area (Å²) in [6.07, 6.45) is 0.